The van der Waals surface area contributed by atoms with Crippen LogP contribution in [0.25, 0.3) is 0 Å². The van der Waals surface area contributed by atoms with Crippen molar-refractivity contribution < 1.29 is 4.39 Å². The molecule has 0 saturated heterocycles. The lowest BCUT2D eigenvalue weighted by molar-refractivity contribution is 0.534. The molecule has 108 valence electrons. The molecule has 4 heteroatoms. The Kier molecular flexibility index (Phi) is 5.58. The van der Waals surface area contributed by atoms with E-state index in [2.05, 4.69) is 31.3 Å². The summed E-state index contributed by atoms with van der Waals surface area (Å²) >= 11 is 7.95. The van der Waals surface area contributed by atoms with Crippen molar-refractivity contribution in [3.63, 3.8) is 0 Å². The minimum Gasteiger partial charge on any atom is -0.309 e. The van der Waals surface area contributed by atoms with Crippen LogP contribution in [0.3, 0.4) is 0 Å². The summed E-state index contributed by atoms with van der Waals surface area (Å²) in [5.41, 5.74) is 0.853. The van der Waals surface area contributed by atoms with Crippen molar-refractivity contribution in [2.75, 3.05) is 6.54 Å². The summed E-state index contributed by atoms with van der Waals surface area (Å²) in [7, 11) is 0. The second kappa shape index (κ2) is 7.21. The first-order valence-electron chi connectivity index (χ1n) is 6.83. The molecule has 0 aliphatic carbocycles. The van der Waals surface area contributed by atoms with Gasteiger partial charge in [-0.15, -0.1) is 11.3 Å². The zero-order chi connectivity index (χ0) is 14.5. The maximum Gasteiger partial charge on any atom is 0.123 e. The zero-order valence-corrected chi connectivity index (χ0v) is 13.3. The fourth-order valence-corrected chi connectivity index (χ4v) is 3.30. The molecular formula is C16H19ClFNS. The Morgan fingerprint density at radius 3 is 2.75 bits per heavy atom. The van der Waals surface area contributed by atoms with Crippen LogP contribution in [0.5, 0.6) is 0 Å². The van der Waals surface area contributed by atoms with E-state index in [1.54, 1.807) is 17.4 Å². The molecule has 0 fully saturated rings. The molecule has 1 aromatic heterocycles. The van der Waals surface area contributed by atoms with E-state index in [4.69, 9.17) is 11.6 Å². The van der Waals surface area contributed by atoms with Crippen LogP contribution in [-0.2, 0) is 6.42 Å². The first-order chi connectivity index (χ1) is 9.60. The highest BCUT2D eigenvalue weighted by Crippen LogP contribution is 2.28. The average Bonchev–Trinajstić information content (AvgIpc) is 2.85. The first-order valence-corrected chi connectivity index (χ1v) is 8.03. The van der Waals surface area contributed by atoms with Gasteiger partial charge in [0.25, 0.3) is 0 Å². The highest BCUT2D eigenvalue weighted by molar-refractivity contribution is 7.12. The van der Waals surface area contributed by atoms with Gasteiger partial charge in [-0.1, -0.05) is 18.5 Å². The normalized spacial score (nSPS) is 12.6. The fourth-order valence-electron chi connectivity index (χ4n) is 2.15. The maximum absolute atomic E-state index is 13.4. The second-order valence-electron chi connectivity index (χ2n) is 4.89. The van der Waals surface area contributed by atoms with E-state index in [0.29, 0.717) is 11.4 Å². The number of halogens is 2. The molecule has 0 aliphatic heterocycles. The Bertz CT molecular complexity index is 567. The summed E-state index contributed by atoms with van der Waals surface area (Å²) in [5, 5.41) is 4.15. The molecule has 1 nitrogen and oxygen atoms in total. The summed E-state index contributed by atoms with van der Waals surface area (Å²) in [4.78, 5) is 2.56. The van der Waals surface area contributed by atoms with Gasteiger partial charge in [-0.2, -0.15) is 0 Å². The van der Waals surface area contributed by atoms with Crippen LogP contribution in [0.15, 0.2) is 30.3 Å². The van der Waals surface area contributed by atoms with Crippen LogP contribution >= 0.6 is 22.9 Å². The molecule has 1 unspecified atom stereocenters. The van der Waals surface area contributed by atoms with Gasteiger partial charge < -0.3 is 5.32 Å². The number of hydrogen-bond donors (Lipinski definition) is 1. The van der Waals surface area contributed by atoms with Gasteiger partial charge in [-0.3, -0.25) is 0 Å². The topological polar surface area (TPSA) is 12.0 Å². The van der Waals surface area contributed by atoms with Crippen LogP contribution in [-0.4, -0.2) is 6.54 Å². The molecule has 2 rings (SSSR count). The monoisotopic (exact) mass is 311 g/mol. The van der Waals surface area contributed by atoms with Crippen molar-refractivity contribution >= 4 is 22.9 Å². The molecule has 1 aromatic carbocycles. The van der Waals surface area contributed by atoms with Gasteiger partial charge in [-0.05, 0) is 62.2 Å². The van der Waals surface area contributed by atoms with Crippen LogP contribution in [0, 0.1) is 12.7 Å². The third kappa shape index (κ3) is 4.05. The third-order valence-corrected chi connectivity index (χ3v) is 4.66. The van der Waals surface area contributed by atoms with Gasteiger partial charge in [0.2, 0.25) is 0 Å². The molecular weight excluding hydrogens is 293 g/mol. The van der Waals surface area contributed by atoms with Crippen LogP contribution in [0.2, 0.25) is 5.02 Å². The van der Waals surface area contributed by atoms with E-state index in [9.17, 15) is 4.39 Å². The molecule has 2 aromatic rings. The molecule has 1 atom stereocenters. The van der Waals surface area contributed by atoms with E-state index in [0.717, 1.165) is 18.5 Å². The Morgan fingerprint density at radius 2 is 2.10 bits per heavy atom. The van der Waals surface area contributed by atoms with Crippen molar-refractivity contribution in [3.8, 4) is 0 Å². The van der Waals surface area contributed by atoms with Crippen molar-refractivity contribution in [2.24, 2.45) is 0 Å². The molecule has 20 heavy (non-hydrogen) atoms. The second-order valence-corrected chi connectivity index (χ2v) is 6.62. The Balaban J connectivity index is 2.21. The van der Waals surface area contributed by atoms with Gasteiger partial charge in [0.15, 0.2) is 0 Å². The summed E-state index contributed by atoms with van der Waals surface area (Å²) in [6.07, 6.45) is 1.77. The molecule has 0 radical (unpaired) electrons. The van der Waals surface area contributed by atoms with Gasteiger partial charge in [0, 0.05) is 20.8 Å². The molecule has 0 aliphatic rings. The number of aryl methyl sites for hydroxylation is 1. The Morgan fingerprint density at radius 1 is 1.30 bits per heavy atom. The van der Waals surface area contributed by atoms with Crippen molar-refractivity contribution in [1.29, 1.82) is 0 Å². The summed E-state index contributed by atoms with van der Waals surface area (Å²) < 4.78 is 13.4. The van der Waals surface area contributed by atoms with E-state index < -0.39 is 0 Å². The number of benzene rings is 1. The summed E-state index contributed by atoms with van der Waals surface area (Å²) in [6.45, 7) is 5.17. The lowest BCUT2D eigenvalue weighted by Crippen LogP contribution is -2.23. The molecule has 1 N–H and O–H groups in total. The lowest BCUT2D eigenvalue weighted by atomic mass is 10.0. The van der Waals surface area contributed by atoms with Gasteiger partial charge in [0.05, 0.1) is 0 Å². The summed E-state index contributed by atoms with van der Waals surface area (Å²) in [5.74, 6) is -0.235. The number of rotatable bonds is 6. The average molecular weight is 312 g/mol. The zero-order valence-electron chi connectivity index (χ0n) is 11.7. The predicted octanol–water partition coefficient (Wildman–Crippen LogP) is 5.13. The third-order valence-electron chi connectivity index (χ3n) is 3.18. The quantitative estimate of drug-likeness (QED) is 0.779. The smallest absolute Gasteiger partial charge is 0.123 e. The molecule has 0 saturated carbocycles. The molecule has 0 amide bonds. The van der Waals surface area contributed by atoms with Gasteiger partial charge in [-0.25, -0.2) is 4.39 Å². The molecule has 0 bridgehead atoms. The van der Waals surface area contributed by atoms with Crippen molar-refractivity contribution in [1.82, 2.24) is 5.32 Å². The van der Waals surface area contributed by atoms with Gasteiger partial charge >= 0.3 is 0 Å². The maximum atomic E-state index is 13.4. The minimum atomic E-state index is -0.235. The van der Waals surface area contributed by atoms with Crippen molar-refractivity contribution in [3.05, 3.63) is 56.5 Å². The van der Waals surface area contributed by atoms with Crippen LogP contribution in [0.1, 0.15) is 34.7 Å². The minimum absolute atomic E-state index is 0.188. The molecule has 0 spiro atoms. The van der Waals surface area contributed by atoms with E-state index in [1.165, 1.54) is 21.9 Å². The standard InChI is InChI=1S/C16H19ClFNS/c1-3-8-19-15(16-7-4-11(2)20-16)10-12-9-13(18)5-6-14(12)17/h4-7,9,15,19H,3,8,10H2,1-2H3. The number of hydrogen-bond acceptors (Lipinski definition) is 2. The van der Waals surface area contributed by atoms with Crippen LogP contribution < -0.4 is 5.32 Å². The summed E-state index contributed by atoms with van der Waals surface area (Å²) in [6, 6.07) is 9.00. The molecule has 1 heterocycles. The predicted molar refractivity (Wildman–Crippen MR) is 85.2 cm³/mol. The fraction of sp³-hybridized carbons (Fsp3) is 0.375. The number of nitrogens with one attached hydrogen (secondary N) is 1. The van der Waals surface area contributed by atoms with E-state index in [1.807, 2.05) is 0 Å². The highest BCUT2D eigenvalue weighted by Gasteiger charge is 2.15. The number of thiophene rings is 1. The van der Waals surface area contributed by atoms with E-state index in [-0.39, 0.29) is 11.9 Å². The first kappa shape index (κ1) is 15.5. The SMILES string of the molecule is CCCNC(Cc1cc(F)ccc1Cl)c1ccc(C)s1. The largest absolute Gasteiger partial charge is 0.309 e. The van der Waals surface area contributed by atoms with Gasteiger partial charge in [0.1, 0.15) is 5.82 Å². The van der Waals surface area contributed by atoms with Crippen molar-refractivity contribution in [2.45, 2.75) is 32.7 Å². The Hall–Kier alpha value is -0.900. The van der Waals surface area contributed by atoms with Crippen LogP contribution in [0.4, 0.5) is 4.39 Å². The van der Waals surface area contributed by atoms with E-state index >= 15 is 0 Å². The highest BCUT2D eigenvalue weighted by atomic mass is 35.5. The lowest BCUT2D eigenvalue weighted by Gasteiger charge is -2.18. The Labute approximate surface area is 128 Å².